The molecule has 2 N–H and O–H groups in total. The van der Waals surface area contributed by atoms with E-state index in [0.29, 0.717) is 22.3 Å². The van der Waals surface area contributed by atoms with Gasteiger partial charge in [0.05, 0.1) is 22.3 Å². The SMILES string of the molecule is C=C(C)COc1ccc(NCC(=O)Nc2cccc(Cl)c2Cl)cc1. The molecule has 0 saturated carbocycles. The van der Waals surface area contributed by atoms with E-state index < -0.39 is 0 Å². The number of anilines is 2. The molecule has 0 atom stereocenters. The third kappa shape index (κ3) is 5.48. The Hall–Kier alpha value is -2.17. The van der Waals surface area contributed by atoms with Gasteiger partial charge in [-0.25, -0.2) is 0 Å². The summed E-state index contributed by atoms with van der Waals surface area (Å²) in [6.45, 7) is 6.27. The predicted octanol–water partition coefficient (Wildman–Crippen LogP) is 5.00. The average molecular weight is 365 g/mol. The lowest BCUT2D eigenvalue weighted by atomic mass is 10.3. The summed E-state index contributed by atoms with van der Waals surface area (Å²) < 4.78 is 5.52. The highest BCUT2D eigenvalue weighted by molar-refractivity contribution is 6.44. The van der Waals surface area contributed by atoms with E-state index in [1.165, 1.54) is 0 Å². The highest BCUT2D eigenvalue weighted by Crippen LogP contribution is 2.29. The second-order valence-electron chi connectivity index (χ2n) is 5.27. The van der Waals surface area contributed by atoms with Crippen molar-refractivity contribution >= 4 is 40.5 Å². The molecule has 2 rings (SSSR count). The van der Waals surface area contributed by atoms with Gasteiger partial charge < -0.3 is 15.4 Å². The first kappa shape index (κ1) is 18.2. The summed E-state index contributed by atoms with van der Waals surface area (Å²) in [5.41, 5.74) is 2.25. The zero-order valence-electron chi connectivity index (χ0n) is 13.2. The topological polar surface area (TPSA) is 50.4 Å². The fraction of sp³-hybridized carbons (Fsp3) is 0.167. The van der Waals surface area contributed by atoms with Gasteiger partial charge in [0.25, 0.3) is 0 Å². The van der Waals surface area contributed by atoms with Gasteiger partial charge in [-0.2, -0.15) is 0 Å². The van der Waals surface area contributed by atoms with Gasteiger partial charge in [-0.1, -0.05) is 35.8 Å². The second-order valence-corrected chi connectivity index (χ2v) is 6.06. The van der Waals surface area contributed by atoms with Crippen molar-refractivity contribution in [2.24, 2.45) is 0 Å². The molecule has 2 aromatic carbocycles. The number of rotatable bonds is 7. The number of amides is 1. The molecule has 2 aromatic rings. The number of halogens is 2. The molecule has 24 heavy (non-hydrogen) atoms. The van der Waals surface area contributed by atoms with E-state index in [1.54, 1.807) is 18.2 Å². The van der Waals surface area contributed by atoms with Crippen LogP contribution in [0.15, 0.2) is 54.6 Å². The number of hydrogen-bond acceptors (Lipinski definition) is 3. The molecular formula is C18H18Cl2N2O2. The zero-order chi connectivity index (χ0) is 17.5. The minimum atomic E-state index is -0.221. The van der Waals surface area contributed by atoms with Crippen LogP contribution < -0.4 is 15.4 Å². The second kappa shape index (κ2) is 8.62. The van der Waals surface area contributed by atoms with E-state index in [2.05, 4.69) is 17.2 Å². The first-order valence-corrected chi connectivity index (χ1v) is 8.06. The monoisotopic (exact) mass is 364 g/mol. The van der Waals surface area contributed by atoms with E-state index in [1.807, 2.05) is 31.2 Å². The summed E-state index contributed by atoms with van der Waals surface area (Å²) in [7, 11) is 0. The molecule has 0 aliphatic heterocycles. The third-order valence-corrected chi connectivity index (χ3v) is 3.84. The number of benzene rings is 2. The Labute approximate surface area is 151 Å². The Bertz CT molecular complexity index is 730. The summed E-state index contributed by atoms with van der Waals surface area (Å²) in [4.78, 5) is 12.0. The molecule has 0 bridgehead atoms. The van der Waals surface area contributed by atoms with Crippen LogP contribution in [-0.2, 0) is 4.79 Å². The average Bonchev–Trinajstić information content (AvgIpc) is 2.56. The van der Waals surface area contributed by atoms with E-state index in [0.717, 1.165) is 17.0 Å². The van der Waals surface area contributed by atoms with Crippen molar-refractivity contribution in [3.05, 3.63) is 64.7 Å². The molecule has 0 fully saturated rings. The minimum absolute atomic E-state index is 0.106. The molecule has 6 heteroatoms. The van der Waals surface area contributed by atoms with E-state index >= 15 is 0 Å². The van der Waals surface area contributed by atoms with E-state index in [9.17, 15) is 4.79 Å². The van der Waals surface area contributed by atoms with Crippen molar-refractivity contribution in [1.82, 2.24) is 0 Å². The molecule has 0 radical (unpaired) electrons. The maximum Gasteiger partial charge on any atom is 0.243 e. The van der Waals surface area contributed by atoms with E-state index in [4.69, 9.17) is 27.9 Å². The first-order valence-electron chi connectivity index (χ1n) is 7.30. The minimum Gasteiger partial charge on any atom is -0.489 e. The van der Waals surface area contributed by atoms with Gasteiger partial charge in [-0.3, -0.25) is 4.79 Å². The standard InChI is InChI=1S/C18H18Cl2N2O2/c1-12(2)11-24-14-8-6-13(7-9-14)21-10-17(23)22-16-5-3-4-15(19)18(16)20/h3-9,21H,1,10-11H2,2H3,(H,22,23). The van der Waals surface area contributed by atoms with Gasteiger partial charge in [0.2, 0.25) is 5.91 Å². The molecule has 0 heterocycles. The normalized spacial score (nSPS) is 10.1. The lowest BCUT2D eigenvalue weighted by Crippen LogP contribution is -2.21. The Kier molecular flexibility index (Phi) is 6.53. The molecule has 0 spiro atoms. The summed E-state index contributed by atoms with van der Waals surface area (Å²) in [5.74, 6) is 0.528. The highest BCUT2D eigenvalue weighted by atomic mass is 35.5. The number of carbonyl (C=O) groups excluding carboxylic acids is 1. The van der Waals surface area contributed by atoms with Crippen LogP contribution in [0, 0.1) is 0 Å². The first-order chi connectivity index (χ1) is 11.5. The summed E-state index contributed by atoms with van der Waals surface area (Å²) in [6, 6.07) is 12.4. The summed E-state index contributed by atoms with van der Waals surface area (Å²) in [5, 5.41) is 6.46. The van der Waals surface area contributed by atoms with Gasteiger partial charge >= 0.3 is 0 Å². The number of nitrogens with one attached hydrogen (secondary N) is 2. The zero-order valence-corrected chi connectivity index (χ0v) is 14.7. The van der Waals surface area contributed by atoms with Gasteiger partial charge in [0.15, 0.2) is 0 Å². The van der Waals surface area contributed by atoms with Gasteiger partial charge in [0, 0.05) is 5.69 Å². The van der Waals surface area contributed by atoms with Crippen LogP contribution in [0.25, 0.3) is 0 Å². The van der Waals surface area contributed by atoms with Crippen LogP contribution in [0.5, 0.6) is 5.75 Å². The fourth-order valence-electron chi connectivity index (χ4n) is 1.85. The summed E-state index contributed by atoms with van der Waals surface area (Å²) >= 11 is 12.0. The molecule has 0 aromatic heterocycles. The molecule has 0 aliphatic carbocycles. The Morgan fingerprint density at radius 1 is 1.17 bits per heavy atom. The molecular weight excluding hydrogens is 347 g/mol. The molecule has 0 aliphatic rings. The van der Waals surface area contributed by atoms with Crippen LogP contribution >= 0.6 is 23.2 Å². The molecule has 0 unspecified atom stereocenters. The number of carbonyl (C=O) groups is 1. The van der Waals surface area contributed by atoms with Crippen molar-refractivity contribution in [3.63, 3.8) is 0 Å². The third-order valence-electron chi connectivity index (χ3n) is 3.02. The Morgan fingerprint density at radius 2 is 1.88 bits per heavy atom. The molecule has 4 nitrogen and oxygen atoms in total. The lowest BCUT2D eigenvalue weighted by molar-refractivity contribution is -0.114. The van der Waals surface area contributed by atoms with Crippen molar-refractivity contribution < 1.29 is 9.53 Å². The fourth-order valence-corrected chi connectivity index (χ4v) is 2.20. The largest absolute Gasteiger partial charge is 0.489 e. The van der Waals surface area contributed by atoms with Crippen LogP contribution in [0.4, 0.5) is 11.4 Å². The van der Waals surface area contributed by atoms with Crippen LogP contribution in [0.1, 0.15) is 6.92 Å². The van der Waals surface area contributed by atoms with Gasteiger partial charge in [0.1, 0.15) is 12.4 Å². The number of ether oxygens (including phenoxy) is 1. The van der Waals surface area contributed by atoms with Crippen molar-refractivity contribution in [1.29, 1.82) is 0 Å². The maximum atomic E-state index is 12.0. The molecule has 0 saturated heterocycles. The van der Waals surface area contributed by atoms with Gasteiger partial charge in [-0.05, 0) is 48.9 Å². The Balaban J connectivity index is 1.85. The van der Waals surface area contributed by atoms with Crippen LogP contribution in [0.2, 0.25) is 10.0 Å². The molecule has 1 amide bonds. The maximum absolute atomic E-state index is 12.0. The van der Waals surface area contributed by atoms with Crippen molar-refractivity contribution in [3.8, 4) is 5.75 Å². The Morgan fingerprint density at radius 3 is 2.54 bits per heavy atom. The number of hydrogen-bond donors (Lipinski definition) is 2. The molecule has 126 valence electrons. The highest BCUT2D eigenvalue weighted by Gasteiger charge is 2.08. The quantitative estimate of drug-likeness (QED) is 0.679. The van der Waals surface area contributed by atoms with Crippen molar-refractivity contribution in [2.75, 3.05) is 23.8 Å². The van der Waals surface area contributed by atoms with Crippen LogP contribution in [-0.4, -0.2) is 19.1 Å². The smallest absolute Gasteiger partial charge is 0.243 e. The van der Waals surface area contributed by atoms with Gasteiger partial charge in [-0.15, -0.1) is 0 Å². The van der Waals surface area contributed by atoms with E-state index in [-0.39, 0.29) is 12.5 Å². The van der Waals surface area contributed by atoms with Crippen LogP contribution in [0.3, 0.4) is 0 Å². The van der Waals surface area contributed by atoms with Crippen molar-refractivity contribution in [2.45, 2.75) is 6.92 Å². The predicted molar refractivity (Wildman–Crippen MR) is 100 cm³/mol. The summed E-state index contributed by atoms with van der Waals surface area (Å²) in [6.07, 6.45) is 0. The lowest BCUT2D eigenvalue weighted by Gasteiger charge is -2.10.